The van der Waals surface area contributed by atoms with Gasteiger partial charge in [-0.1, -0.05) is 19.9 Å². The van der Waals surface area contributed by atoms with Gasteiger partial charge in [0.2, 0.25) is 0 Å². The van der Waals surface area contributed by atoms with Gasteiger partial charge in [0.1, 0.15) is 0 Å². The molecular weight excluding hydrogens is 332 g/mol. The minimum Gasteiger partial charge on any atom is -0.337 e. The molecule has 3 heterocycles. The number of hydrogen-bond acceptors (Lipinski definition) is 3. The first-order valence-corrected chi connectivity index (χ1v) is 9.96. The number of piperidine rings is 1. The summed E-state index contributed by atoms with van der Waals surface area (Å²) in [6.07, 6.45) is 6.14. The number of rotatable bonds is 5. The zero-order valence-electron chi connectivity index (χ0n) is 15.4. The Kier molecular flexibility index (Phi) is 5.47. The van der Waals surface area contributed by atoms with Crippen LogP contribution in [0.25, 0.3) is 0 Å². The first kappa shape index (κ1) is 18.0. The Morgan fingerprint density at radius 1 is 1.40 bits per heavy atom. The molecule has 1 aliphatic heterocycles. The van der Waals surface area contributed by atoms with Crippen molar-refractivity contribution in [3.8, 4) is 0 Å². The van der Waals surface area contributed by atoms with E-state index >= 15 is 0 Å². The monoisotopic (exact) mass is 360 g/mol. The van der Waals surface area contributed by atoms with Crippen molar-refractivity contribution in [2.24, 2.45) is 0 Å². The molecule has 2 amide bonds. The molecule has 1 fully saturated rings. The van der Waals surface area contributed by atoms with Gasteiger partial charge < -0.3 is 10.2 Å². The Hall–Kier alpha value is -1.82. The van der Waals surface area contributed by atoms with Gasteiger partial charge >= 0.3 is 6.03 Å². The van der Waals surface area contributed by atoms with Crippen LogP contribution in [0.1, 0.15) is 50.0 Å². The normalized spacial score (nSPS) is 16.2. The second-order valence-electron chi connectivity index (χ2n) is 7.41. The lowest BCUT2D eigenvalue weighted by molar-refractivity contribution is 0.179. The van der Waals surface area contributed by atoms with Crippen LogP contribution in [0.2, 0.25) is 0 Å². The number of hydrogen-bond donors (Lipinski definition) is 1. The molecule has 0 atom stereocenters. The number of thiophene rings is 1. The Bertz CT molecular complexity index is 684. The van der Waals surface area contributed by atoms with Crippen LogP contribution in [-0.2, 0) is 12.0 Å². The number of nitrogens with one attached hydrogen (secondary N) is 1. The van der Waals surface area contributed by atoms with Crippen molar-refractivity contribution in [2.75, 3.05) is 19.6 Å². The number of carbonyl (C=O) groups excluding carboxylic acids is 1. The van der Waals surface area contributed by atoms with Crippen molar-refractivity contribution >= 4 is 17.4 Å². The fourth-order valence-corrected chi connectivity index (χ4v) is 4.19. The summed E-state index contributed by atoms with van der Waals surface area (Å²) in [7, 11) is 0. The minimum absolute atomic E-state index is 0.0309. The van der Waals surface area contributed by atoms with E-state index in [4.69, 9.17) is 0 Å². The standard InChI is InChI=1S/C19H28N4OS/c1-4-23-13-16(12-21-23)15-7-9-22(10-8-15)18(24)20-14-19(2,3)17-6-5-11-25-17/h5-6,11-13,15H,4,7-10,14H2,1-3H3,(H,20,24). The van der Waals surface area contributed by atoms with E-state index in [0.29, 0.717) is 12.5 Å². The third-order valence-electron chi connectivity index (χ3n) is 5.10. The molecule has 0 unspecified atom stereocenters. The van der Waals surface area contributed by atoms with E-state index < -0.39 is 0 Å². The van der Waals surface area contributed by atoms with E-state index in [1.54, 1.807) is 11.3 Å². The molecule has 2 aromatic heterocycles. The van der Waals surface area contributed by atoms with Gasteiger partial charge in [-0.15, -0.1) is 11.3 Å². The van der Waals surface area contributed by atoms with Gasteiger partial charge in [0.05, 0.1) is 6.20 Å². The Morgan fingerprint density at radius 3 is 2.76 bits per heavy atom. The van der Waals surface area contributed by atoms with E-state index in [1.165, 1.54) is 10.4 Å². The molecule has 3 rings (SSSR count). The van der Waals surface area contributed by atoms with Crippen molar-refractivity contribution in [1.29, 1.82) is 0 Å². The van der Waals surface area contributed by atoms with E-state index in [-0.39, 0.29) is 11.4 Å². The summed E-state index contributed by atoms with van der Waals surface area (Å²) < 4.78 is 1.97. The van der Waals surface area contributed by atoms with Crippen molar-refractivity contribution < 1.29 is 4.79 Å². The smallest absolute Gasteiger partial charge is 0.317 e. The summed E-state index contributed by atoms with van der Waals surface area (Å²) in [5.74, 6) is 0.520. The minimum atomic E-state index is -0.0309. The van der Waals surface area contributed by atoms with E-state index in [2.05, 4.69) is 54.9 Å². The number of aromatic nitrogens is 2. The molecule has 6 heteroatoms. The average Bonchev–Trinajstić information content (AvgIpc) is 3.31. The summed E-state index contributed by atoms with van der Waals surface area (Å²) in [6, 6.07) is 4.26. The second-order valence-corrected chi connectivity index (χ2v) is 8.36. The van der Waals surface area contributed by atoms with E-state index in [9.17, 15) is 4.79 Å². The molecular formula is C19H28N4OS. The van der Waals surface area contributed by atoms with Crippen LogP contribution in [0.5, 0.6) is 0 Å². The number of urea groups is 1. The third kappa shape index (κ3) is 4.24. The molecule has 0 bridgehead atoms. The van der Waals surface area contributed by atoms with Crippen LogP contribution in [0.15, 0.2) is 29.9 Å². The highest BCUT2D eigenvalue weighted by atomic mass is 32.1. The van der Waals surface area contributed by atoms with Crippen LogP contribution < -0.4 is 5.32 Å². The molecule has 0 aromatic carbocycles. The molecule has 5 nitrogen and oxygen atoms in total. The topological polar surface area (TPSA) is 50.2 Å². The average molecular weight is 361 g/mol. The van der Waals surface area contributed by atoms with Crippen molar-refractivity contribution in [3.05, 3.63) is 40.3 Å². The molecule has 0 radical (unpaired) electrons. The SMILES string of the molecule is CCn1cc(C2CCN(C(=O)NCC(C)(C)c3cccs3)CC2)cn1. The quantitative estimate of drug-likeness (QED) is 0.881. The molecule has 0 aliphatic carbocycles. The highest BCUT2D eigenvalue weighted by Gasteiger charge is 2.27. The molecule has 0 spiro atoms. The number of amides is 2. The lowest BCUT2D eigenvalue weighted by Crippen LogP contribution is -2.47. The molecule has 25 heavy (non-hydrogen) atoms. The zero-order chi connectivity index (χ0) is 17.9. The number of carbonyl (C=O) groups is 1. The van der Waals surface area contributed by atoms with Crippen molar-refractivity contribution in [1.82, 2.24) is 20.0 Å². The first-order valence-electron chi connectivity index (χ1n) is 9.08. The van der Waals surface area contributed by atoms with Crippen molar-refractivity contribution in [3.63, 3.8) is 0 Å². The Labute approximate surface area is 154 Å². The maximum Gasteiger partial charge on any atom is 0.317 e. The lowest BCUT2D eigenvalue weighted by atomic mass is 9.91. The molecule has 1 N–H and O–H groups in total. The Balaban J connectivity index is 1.48. The van der Waals surface area contributed by atoms with Gasteiger partial charge in [-0.05, 0) is 42.7 Å². The van der Waals surface area contributed by atoms with Gasteiger partial charge in [-0.2, -0.15) is 5.10 Å². The summed E-state index contributed by atoms with van der Waals surface area (Å²) in [4.78, 5) is 15.8. The largest absolute Gasteiger partial charge is 0.337 e. The molecule has 1 saturated heterocycles. The summed E-state index contributed by atoms with van der Waals surface area (Å²) in [5, 5.41) is 9.58. The molecule has 1 aliphatic rings. The predicted molar refractivity (Wildman–Crippen MR) is 102 cm³/mol. The van der Waals surface area contributed by atoms with E-state index in [1.807, 2.05) is 15.8 Å². The van der Waals surface area contributed by atoms with E-state index in [0.717, 1.165) is 32.5 Å². The highest BCUT2D eigenvalue weighted by molar-refractivity contribution is 7.10. The fraction of sp³-hybridized carbons (Fsp3) is 0.579. The maximum atomic E-state index is 12.5. The van der Waals surface area contributed by atoms with Gasteiger partial charge in [0, 0.05) is 42.7 Å². The summed E-state index contributed by atoms with van der Waals surface area (Å²) in [6.45, 7) is 9.65. The van der Waals surface area contributed by atoms with Crippen LogP contribution >= 0.6 is 11.3 Å². The summed E-state index contributed by atoms with van der Waals surface area (Å²) >= 11 is 1.75. The summed E-state index contributed by atoms with van der Waals surface area (Å²) in [5.41, 5.74) is 1.28. The zero-order valence-corrected chi connectivity index (χ0v) is 16.2. The molecule has 2 aromatic rings. The van der Waals surface area contributed by atoms with Gasteiger partial charge in [0.15, 0.2) is 0 Å². The van der Waals surface area contributed by atoms with Crippen LogP contribution in [-0.4, -0.2) is 40.3 Å². The first-order chi connectivity index (χ1) is 12.0. The van der Waals surface area contributed by atoms with Crippen LogP contribution in [0, 0.1) is 0 Å². The van der Waals surface area contributed by atoms with Crippen LogP contribution in [0.4, 0.5) is 4.79 Å². The lowest BCUT2D eigenvalue weighted by Gasteiger charge is -2.33. The molecule has 0 saturated carbocycles. The number of aryl methyl sites for hydroxylation is 1. The van der Waals surface area contributed by atoms with Crippen LogP contribution in [0.3, 0.4) is 0 Å². The number of nitrogens with zero attached hydrogens (tertiary/aromatic N) is 3. The number of likely N-dealkylation sites (tertiary alicyclic amines) is 1. The van der Waals surface area contributed by atoms with Gasteiger partial charge in [-0.25, -0.2) is 4.79 Å². The highest BCUT2D eigenvalue weighted by Crippen LogP contribution is 2.29. The second kappa shape index (κ2) is 7.60. The van der Waals surface area contributed by atoms with Gasteiger partial charge in [0.25, 0.3) is 0 Å². The van der Waals surface area contributed by atoms with Gasteiger partial charge in [-0.3, -0.25) is 4.68 Å². The molecule has 136 valence electrons. The fourth-order valence-electron chi connectivity index (χ4n) is 3.34. The third-order valence-corrected chi connectivity index (χ3v) is 6.34. The Morgan fingerprint density at radius 2 is 2.16 bits per heavy atom. The predicted octanol–water partition coefficient (Wildman–Crippen LogP) is 3.83. The van der Waals surface area contributed by atoms with Crippen molar-refractivity contribution in [2.45, 2.75) is 51.5 Å². The maximum absolute atomic E-state index is 12.5.